The summed E-state index contributed by atoms with van der Waals surface area (Å²) in [5.41, 5.74) is 10.4. The maximum Gasteiger partial charge on any atom is 0.338 e. The van der Waals surface area contributed by atoms with Crippen LogP contribution in [0.2, 0.25) is 0 Å². The Bertz CT molecular complexity index is 175. The summed E-state index contributed by atoms with van der Waals surface area (Å²) in [6, 6.07) is 0. The molecule has 0 saturated heterocycles. The first-order valence-electron chi connectivity index (χ1n) is 4.55. The topological polar surface area (TPSA) is 95.1 Å². The monoisotopic (exact) mass is 187 g/mol. The fourth-order valence-electron chi connectivity index (χ4n) is 0.836. The first-order chi connectivity index (χ1) is 6.16. The Morgan fingerprint density at radius 3 is 2.62 bits per heavy atom. The molecule has 0 heterocycles. The van der Waals surface area contributed by atoms with Gasteiger partial charge >= 0.3 is 5.96 Å². The van der Waals surface area contributed by atoms with Crippen LogP contribution in [0.4, 0.5) is 0 Å². The second kappa shape index (κ2) is 7.39. The third-order valence-electron chi connectivity index (χ3n) is 1.58. The maximum absolute atomic E-state index is 10.8. The number of hydrogen-bond acceptors (Lipinski definition) is 1. The Hall–Kier alpha value is -1.26. The summed E-state index contributed by atoms with van der Waals surface area (Å²) in [6.07, 6.45) is 2.43. The van der Waals surface area contributed by atoms with Crippen LogP contribution in [0.5, 0.6) is 0 Å². The molecule has 6 N–H and O–H groups in total. The first kappa shape index (κ1) is 11.7. The molecule has 0 aromatic rings. The van der Waals surface area contributed by atoms with Crippen LogP contribution in [-0.2, 0) is 4.79 Å². The van der Waals surface area contributed by atoms with E-state index in [2.05, 4.69) is 10.3 Å². The molecule has 0 aromatic carbocycles. The second-order valence-corrected chi connectivity index (χ2v) is 2.79. The molecule has 0 aromatic heterocycles. The zero-order valence-corrected chi connectivity index (χ0v) is 8.10. The van der Waals surface area contributed by atoms with Gasteiger partial charge in [-0.25, -0.2) is 0 Å². The number of guanidine groups is 1. The number of carbonyl (C=O) groups is 1. The van der Waals surface area contributed by atoms with E-state index in [4.69, 9.17) is 11.5 Å². The minimum Gasteiger partial charge on any atom is -0.356 e. The smallest absolute Gasteiger partial charge is 0.338 e. The molecule has 5 heteroatoms. The summed E-state index contributed by atoms with van der Waals surface area (Å²) in [4.78, 5) is 13.6. The summed E-state index contributed by atoms with van der Waals surface area (Å²) < 4.78 is 0. The molecule has 0 aliphatic rings. The van der Waals surface area contributed by atoms with Gasteiger partial charge in [-0.05, 0) is 12.8 Å². The van der Waals surface area contributed by atoms with Gasteiger partial charge in [-0.3, -0.25) is 21.3 Å². The fourth-order valence-corrected chi connectivity index (χ4v) is 0.836. The SMILES string of the molecule is CCC(=O)NCCCC[NH+]=C(N)N. The molecule has 0 saturated carbocycles. The van der Waals surface area contributed by atoms with Crippen LogP contribution < -0.4 is 21.8 Å². The predicted molar refractivity (Wildman–Crippen MR) is 51.7 cm³/mol. The van der Waals surface area contributed by atoms with Crippen LogP contribution in [0.15, 0.2) is 0 Å². The lowest BCUT2D eigenvalue weighted by Gasteiger charge is -2.00. The molecule has 0 aliphatic heterocycles. The van der Waals surface area contributed by atoms with Crippen LogP contribution in [-0.4, -0.2) is 25.0 Å². The average molecular weight is 187 g/mol. The molecule has 0 rings (SSSR count). The average Bonchev–Trinajstić information content (AvgIpc) is 2.10. The van der Waals surface area contributed by atoms with E-state index < -0.39 is 0 Å². The predicted octanol–water partition coefficient (Wildman–Crippen LogP) is -2.35. The normalized spacial score (nSPS) is 9.31. The van der Waals surface area contributed by atoms with Gasteiger partial charge in [0, 0.05) is 13.0 Å². The molecule has 0 bridgehead atoms. The van der Waals surface area contributed by atoms with E-state index in [1.54, 1.807) is 0 Å². The van der Waals surface area contributed by atoms with E-state index in [1.165, 1.54) is 0 Å². The number of rotatable bonds is 6. The van der Waals surface area contributed by atoms with Crippen molar-refractivity contribution in [3.8, 4) is 0 Å². The van der Waals surface area contributed by atoms with Gasteiger partial charge < -0.3 is 5.32 Å². The van der Waals surface area contributed by atoms with Crippen molar-refractivity contribution in [3.05, 3.63) is 0 Å². The summed E-state index contributed by atoms with van der Waals surface area (Å²) >= 11 is 0. The van der Waals surface area contributed by atoms with E-state index in [0.29, 0.717) is 6.42 Å². The van der Waals surface area contributed by atoms with E-state index in [1.807, 2.05) is 6.92 Å². The van der Waals surface area contributed by atoms with E-state index in [0.717, 1.165) is 25.9 Å². The lowest BCUT2D eigenvalue weighted by molar-refractivity contribution is -0.459. The highest BCUT2D eigenvalue weighted by Gasteiger charge is 1.94. The summed E-state index contributed by atoms with van der Waals surface area (Å²) in [7, 11) is 0. The van der Waals surface area contributed by atoms with Gasteiger partial charge in [0.2, 0.25) is 5.91 Å². The molecular formula is C8H19N4O+. The van der Waals surface area contributed by atoms with Gasteiger partial charge in [0.05, 0.1) is 6.54 Å². The Morgan fingerprint density at radius 2 is 2.08 bits per heavy atom. The van der Waals surface area contributed by atoms with Crippen LogP contribution in [0.3, 0.4) is 0 Å². The molecule has 0 aliphatic carbocycles. The molecule has 0 fully saturated rings. The third kappa shape index (κ3) is 8.65. The minimum atomic E-state index is 0.0952. The van der Waals surface area contributed by atoms with Crippen molar-refractivity contribution < 1.29 is 9.79 Å². The van der Waals surface area contributed by atoms with Crippen LogP contribution in [0.25, 0.3) is 0 Å². The van der Waals surface area contributed by atoms with Crippen LogP contribution in [0.1, 0.15) is 26.2 Å². The number of nitrogens with two attached hydrogens (primary N) is 2. The van der Waals surface area contributed by atoms with Crippen molar-refractivity contribution in [2.75, 3.05) is 13.1 Å². The van der Waals surface area contributed by atoms with Crippen molar-refractivity contribution in [2.45, 2.75) is 26.2 Å². The fraction of sp³-hybridized carbons (Fsp3) is 0.750. The molecule has 0 spiro atoms. The third-order valence-corrected chi connectivity index (χ3v) is 1.58. The Kier molecular flexibility index (Phi) is 6.68. The molecule has 5 nitrogen and oxygen atoms in total. The Labute approximate surface area is 78.6 Å². The highest BCUT2D eigenvalue weighted by Crippen LogP contribution is 1.82. The standard InChI is InChI=1S/C8H18N4O/c1-2-7(13)11-5-3-4-6-12-8(9)10/h2-6H2,1H3,(H,11,13)(H4,9,10,12)/p+1. The minimum absolute atomic E-state index is 0.0952. The molecular weight excluding hydrogens is 168 g/mol. The van der Waals surface area contributed by atoms with E-state index in [9.17, 15) is 4.79 Å². The maximum atomic E-state index is 10.8. The highest BCUT2D eigenvalue weighted by atomic mass is 16.1. The molecule has 0 unspecified atom stereocenters. The van der Waals surface area contributed by atoms with E-state index in [-0.39, 0.29) is 11.9 Å². The molecule has 1 amide bonds. The zero-order valence-electron chi connectivity index (χ0n) is 8.10. The summed E-state index contributed by atoms with van der Waals surface area (Å²) in [5, 5.41) is 2.78. The Morgan fingerprint density at radius 1 is 1.38 bits per heavy atom. The highest BCUT2D eigenvalue weighted by molar-refractivity contribution is 5.75. The summed E-state index contributed by atoms with van der Waals surface area (Å²) in [6.45, 7) is 3.31. The molecule has 0 atom stereocenters. The second-order valence-electron chi connectivity index (χ2n) is 2.79. The molecule has 13 heavy (non-hydrogen) atoms. The van der Waals surface area contributed by atoms with Gasteiger partial charge in [-0.1, -0.05) is 6.92 Å². The van der Waals surface area contributed by atoms with Gasteiger partial charge in [0.15, 0.2) is 0 Å². The quantitative estimate of drug-likeness (QED) is 0.213. The first-order valence-corrected chi connectivity index (χ1v) is 4.55. The van der Waals surface area contributed by atoms with Crippen LogP contribution >= 0.6 is 0 Å². The molecule has 76 valence electrons. The number of amides is 1. The van der Waals surface area contributed by atoms with Crippen molar-refractivity contribution in [1.29, 1.82) is 0 Å². The number of hydrogen-bond donors (Lipinski definition) is 4. The van der Waals surface area contributed by atoms with Gasteiger partial charge in [0.1, 0.15) is 0 Å². The number of carbonyl (C=O) groups excluding carboxylic acids is 1. The van der Waals surface area contributed by atoms with Gasteiger partial charge in [0.25, 0.3) is 0 Å². The van der Waals surface area contributed by atoms with Gasteiger partial charge in [-0.15, -0.1) is 0 Å². The van der Waals surface area contributed by atoms with Gasteiger partial charge in [-0.2, -0.15) is 0 Å². The zero-order chi connectivity index (χ0) is 10.1. The molecule has 0 radical (unpaired) electrons. The van der Waals surface area contributed by atoms with Crippen molar-refractivity contribution in [3.63, 3.8) is 0 Å². The van der Waals surface area contributed by atoms with Crippen molar-refractivity contribution in [2.24, 2.45) is 11.5 Å². The number of nitrogens with one attached hydrogen (secondary N) is 2. The summed E-state index contributed by atoms with van der Waals surface area (Å²) in [5.74, 6) is 0.343. The lowest BCUT2D eigenvalue weighted by atomic mass is 10.3. The largest absolute Gasteiger partial charge is 0.356 e. The van der Waals surface area contributed by atoms with E-state index >= 15 is 0 Å². The number of unbranched alkanes of at least 4 members (excludes halogenated alkanes) is 1. The Balaban J connectivity index is 3.18. The van der Waals surface area contributed by atoms with Crippen LogP contribution in [0, 0.1) is 0 Å². The van der Waals surface area contributed by atoms with Crippen molar-refractivity contribution >= 4 is 11.9 Å². The lowest BCUT2D eigenvalue weighted by Crippen LogP contribution is -2.78. The van der Waals surface area contributed by atoms with Crippen molar-refractivity contribution in [1.82, 2.24) is 5.32 Å².